The van der Waals surface area contributed by atoms with E-state index in [4.69, 9.17) is 38.0 Å². The molecular weight excluding hydrogens is 397 g/mol. The first kappa shape index (κ1) is 17.2. The van der Waals surface area contributed by atoms with Gasteiger partial charge in [0.1, 0.15) is 6.61 Å². The molecule has 5 nitrogen and oxygen atoms in total. The molecule has 1 aliphatic rings. The predicted molar refractivity (Wildman–Crippen MR) is 108 cm³/mol. The normalized spacial score (nSPS) is 13.0. The minimum absolute atomic E-state index is 0.126. The monoisotopic (exact) mass is 409 g/mol. The first-order valence-corrected chi connectivity index (χ1v) is 9.40. The number of carbonyl (C=O) groups excluding carboxylic acids is 1. The van der Waals surface area contributed by atoms with E-state index in [1.165, 1.54) is 0 Å². The molecule has 28 heavy (non-hydrogen) atoms. The summed E-state index contributed by atoms with van der Waals surface area (Å²) in [6.07, 6.45) is 0. The number of benzene rings is 2. The molecule has 0 unspecified atom stereocenters. The molecule has 3 heterocycles. The first-order valence-electron chi connectivity index (χ1n) is 8.65. The maximum Gasteiger partial charge on any atom is 0.341 e. The van der Waals surface area contributed by atoms with Gasteiger partial charge < -0.3 is 4.74 Å². The second kappa shape index (κ2) is 6.33. The lowest BCUT2D eigenvalue weighted by molar-refractivity contribution is 0.0534. The first-order chi connectivity index (χ1) is 13.5. The van der Waals surface area contributed by atoms with Crippen LogP contribution >= 0.6 is 23.2 Å². The summed E-state index contributed by atoms with van der Waals surface area (Å²) >= 11 is 12.6. The Morgan fingerprint density at radius 3 is 2.61 bits per heavy atom. The van der Waals surface area contributed by atoms with Crippen molar-refractivity contribution in [3.63, 3.8) is 0 Å². The predicted octanol–water partition coefficient (Wildman–Crippen LogP) is 5.37. The summed E-state index contributed by atoms with van der Waals surface area (Å²) < 4.78 is 7.05. The fourth-order valence-corrected chi connectivity index (χ4v) is 4.11. The van der Waals surface area contributed by atoms with Gasteiger partial charge in [0.2, 0.25) is 0 Å². The number of cyclic esters (lactones) is 1. The Kier molecular flexibility index (Phi) is 3.89. The van der Waals surface area contributed by atoms with Gasteiger partial charge in [-0.05, 0) is 31.2 Å². The standard InChI is InChI=1S/C21H13Cl2N3O2/c1-11-17-18(14-8-7-12(22)9-15(14)23)19-16(10-28-21(19)27)24-20(17)26(25-11)13-5-3-2-4-6-13/h2-9H,10H2,1H3. The lowest BCUT2D eigenvalue weighted by Gasteiger charge is -2.11. The number of ether oxygens (including phenoxy) is 1. The summed E-state index contributed by atoms with van der Waals surface area (Å²) in [6, 6.07) is 15.0. The lowest BCUT2D eigenvalue weighted by atomic mass is 9.95. The van der Waals surface area contributed by atoms with Gasteiger partial charge in [-0.1, -0.05) is 47.5 Å². The molecule has 2 aromatic heterocycles. The maximum atomic E-state index is 12.5. The number of hydrogen-bond donors (Lipinski definition) is 0. The summed E-state index contributed by atoms with van der Waals surface area (Å²) in [4.78, 5) is 17.2. The molecule has 0 spiro atoms. The Bertz CT molecular complexity index is 1270. The number of nitrogens with zero attached hydrogens (tertiary/aromatic N) is 3. The van der Waals surface area contributed by atoms with Crippen LogP contribution in [0.3, 0.4) is 0 Å². The molecule has 5 rings (SSSR count). The van der Waals surface area contributed by atoms with Crippen LogP contribution in [-0.2, 0) is 11.3 Å². The van der Waals surface area contributed by atoms with Gasteiger partial charge in [0.15, 0.2) is 5.65 Å². The second-order valence-electron chi connectivity index (χ2n) is 6.54. The number of hydrogen-bond acceptors (Lipinski definition) is 4. The largest absolute Gasteiger partial charge is 0.455 e. The van der Waals surface area contributed by atoms with Crippen molar-refractivity contribution in [1.29, 1.82) is 0 Å². The molecule has 1 aliphatic heterocycles. The van der Waals surface area contributed by atoms with Crippen LogP contribution in [0.15, 0.2) is 48.5 Å². The van der Waals surface area contributed by atoms with Gasteiger partial charge in [0.05, 0.1) is 28.0 Å². The van der Waals surface area contributed by atoms with E-state index in [2.05, 4.69) is 0 Å². The minimum Gasteiger partial charge on any atom is -0.455 e. The molecule has 0 saturated heterocycles. The molecule has 0 N–H and O–H groups in total. The van der Waals surface area contributed by atoms with Crippen molar-refractivity contribution < 1.29 is 9.53 Å². The van der Waals surface area contributed by atoms with E-state index in [-0.39, 0.29) is 6.61 Å². The van der Waals surface area contributed by atoms with Crippen molar-refractivity contribution in [2.45, 2.75) is 13.5 Å². The van der Waals surface area contributed by atoms with Gasteiger partial charge in [-0.25, -0.2) is 14.5 Å². The molecule has 138 valence electrons. The molecule has 0 aliphatic carbocycles. The molecule has 2 aromatic carbocycles. The highest BCUT2D eigenvalue weighted by atomic mass is 35.5. The molecule has 7 heteroatoms. The Morgan fingerprint density at radius 1 is 1.07 bits per heavy atom. The Labute approximate surface area is 170 Å². The van der Waals surface area contributed by atoms with Gasteiger partial charge in [-0.15, -0.1) is 0 Å². The van der Waals surface area contributed by atoms with Crippen molar-refractivity contribution >= 4 is 40.2 Å². The molecule has 0 amide bonds. The summed E-state index contributed by atoms with van der Waals surface area (Å²) in [5.41, 5.74) is 4.68. The summed E-state index contributed by atoms with van der Waals surface area (Å²) in [7, 11) is 0. The van der Waals surface area contributed by atoms with Crippen molar-refractivity contribution in [3.8, 4) is 16.8 Å². The third-order valence-corrected chi connectivity index (χ3v) is 5.36. The van der Waals surface area contributed by atoms with Gasteiger partial charge >= 0.3 is 5.97 Å². The van der Waals surface area contributed by atoms with E-state index in [9.17, 15) is 4.79 Å². The van der Waals surface area contributed by atoms with Crippen LogP contribution in [-0.4, -0.2) is 20.7 Å². The number of rotatable bonds is 2. The fraction of sp³-hybridized carbons (Fsp3) is 0.0952. The number of halogens is 2. The highest BCUT2D eigenvalue weighted by Crippen LogP contribution is 2.41. The fourth-order valence-electron chi connectivity index (χ4n) is 3.61. The van der Waals surface area contributed by atoms with Crippen LogP contribution in [0, 0.1) is 6.92 Å². The number of para-hydroxylation sites is 1. The number of aromatic nitrogens is 3. The van der Waals surface area contributed by atoms with Gasteiger partial charge in [-0.3, -0.25) is 0 Å². The molecule has 4 aromatic rings. The summed E-state index contributed by atoms with van der Waals surface area (Å²) in [5.74, 6) is -0.405. The molecule has 0 bridgehead atoms. The number of aryl methyl sites for hydroxylation is 1. The van der Waals surface area contributed by atoms with E-state index in [0.717, 1.165) is 16.8 Å². The van der Waals surface area contributed by atoms with E-state index >= 15 is 0 Å². The van der Waals surface area contributed by atoms with Crippen LogP contribution in [0.4, 0.5) is 0 Å². The molecule has 0 saturated carbocycles. The highest BCUT2D eigenvalue weighted by molar-refractivity contribution is 6.37. The van der Waals surface area contributed by atoms with Gasteiger partial charge in [-0.2, -0.15) is 5.10 Å². The smallest absolute Gasteiger partial charge is 0.341 e. The van der Waals surface area contributed by atoms with Crippen molar-refractivity contribution in [2.24, 2.45) is 0 Å². The Balaban J connectivity index is 1.92. The van der Waals surface area contributed by atoms with E-state index in [1.807, 2.05) is 43.3 Å². The topological polar surface area (TPSA) is 57.0 Å². The van der Waals surface area contributed by atoms with Crippen molar-refractivity contribution in [3.05, 3.63) is 75.5 Å². The third kappa shape index (κ3) is 2.51. The zero-order valence-electron chi connectivity index (χ0n) is 14.7. The van der Waals surface area contributed by atoms with Crippen molar-refractivity contribution in [1.82, 2.24) is 14.8 Å². The van der Waals surface area contributed by atoms with Crippen LogP contribution in [0.25, 0.3) is 27.8 Å². The van der Waals surface area contributed by atoms with Gasteiger partial charge in [0.25, 0.3) is 0 Å². The SMILES string of the molecule is Cc1nn(-c2ccccc2)c2nc3c(c(-c4ccc(Cl)cc4Cl)c12)C(=O)OC3. The van der Waals surface area contributed by atoms with E-state index < -0.39 is 5.97 Å². The molecular formula is C21H13Cl2N3O2. The van der Waals surface area contributed by atoms with E-state index in [1.54, 1.807) is 16.8 Å². The van der Waals surface area contributed by atoms with Crippen molar-refractivity contribution in [2.75, 3.05) is 0 Å². The minimum atomic E-state index is -0.405. The highest BCUT2D eigenvalue weighted by Gasteiger charge is 2.32. The quantitative estimate of drug-likeness (QED) is 0.417. The Morgan fingerprint density at radius 2 is 1.86 bits per heavy atom. The number of carbonyl (C=O) groups is 1. The third-order valence-electron chi connectivity index (χ3n) is 4.81. The van der Waals surface area contributed by atoms with E-state index in [0.29, 0.717) is 38.1 Å². The Hall–Kier alpha value is -2.89. The summed E-state index contributed by atoms with van der Waals surface area (Å²) in [6.45, 7) is 2.02. The zero-order chi connectivity index (χ0) is 19.4. The number of pyridine rings is 1. The number of esters is 1. The zero-order valence-corrected chi connectivity index (χ0v) is 16.3. The molecule has 0 atom stereocenters. The summed E-state index contributed by atoms with van der Waals surface area (Å²) in [5, 5.41) is 6.44. The second-order valence-corrected chi connectivity index (χ2v) is 7.38. The average molecular weight is 410 g/mol. The van der Waals surface area contributed by atoms with Crippen LogP contribution in [0.5, 0.6) is 0 Å². The average Bonchev–Trinajstić information content (AvgIpc) is 3.22. The maximum absolute atomic E-state index is 12.5. The van der Waals surface area contributed by atoms with Crippen LogP contribution in [0.2, 0.25) is 10.0 Å². The molecule has 0 fully saturated rings. The van der Waals surface area contributed by atoms with Crippen LogP contribution < -0.4 is 0 Å². The van der Waals surface area contributed by atoms with Gasteiger partial charge in [0, 0.05) is 21.2 Å². The number of fused-ring (bicyclic) bond motifs is 2. The molecule has 0 radical (unpaired) electrons. The van der Waals surface area contributed by atoms with Crippen LogP contribution in [0.1, 0.15) is 21.7 Å². The lowest BCUT2D eigenvalue weighted by Crippen LogP contribution is -2.03.